The van der Waals surface area contributed by atoms with Crippen molar-refractivity contribution >= 4 is 110 Å². The fourth-order valence-electron chi connectivity index (χ4n) is 19.1. The van der Waals surface area contributed by atoms with E-state index in [4.69, 9.17) is 0 Å². The molecule has 0 spiro atoms. The minimum atomic E-state index is -0.207. The molecule has 17 aromatic rings. The first-order valence-corrected chi connectivity index (χ1v) is 35.6. The standard InChI is InChI=1S/C52H42N2.C46H32/c1-51(2)45-31-39(53(35-19-9-5-10-20-35)36-21-11-6-12-22-36)29-30-40(45)43-32-47-44(33-46(43)51)50-42-28-18-17-27-41(42)49(34-48(50)52(47,3)4)54(37-23-13-7-14-24-37)38-25-15-8-16-26-38;1-45(2)36-24-35-37(23-34(36)42-32-20-19-27-12-9-11-26-16-17-28(22-38(42)45)40(32)39(26)27)46(3,4)44-33-21-18-25-10-5-6-13-29(25)41(33)30-14-7-8-15-31(30)43(35)44/h5-34H,1-4H3;5-24H,1-4H3. The number of nitrogens with zero attached hydrogens (tertiary/aromatic N) is 2. The monoisotopic (exact) mass is 1280 g/mol. The van der Waals surface area contributed by atoms with E-state index in [1.54, 1.807) is 0 Å². The van der Waals surface area contributed by atoms with Gasteiger partial charge in [-0.2, -0.15) is 0 Å². The lowest BCUT2D eigenvalue weighted by Gasteiger charge is -2.29. The lowest BCUT2D eigenvalue weighted by molar-refractivity contribution is 0.652. The Bertz CT molecular complexity index is 6220. The lowest BCUT2D eigenvalue weighted by Crippen LogP contribution is -2.18. The number of hydrogen-bond acceptors (Lipinski definition) is 2. The minimum Gasteiger partial charge on any atom is -0.310 e. The van der Waals surface area contributed by atoms with Crippen LogP contribution in [0.2, 0.25) is 0 Å². The van der Waals surface area contributed by atoms with Crippen molar-refractivity contribution in [1.82, 2.24) is 0 Å². The molecule has 0 fully saturated rings. The van der Waals surface area contributed by atoms with Gasteiger partial charge >= 0.3 is 0 Å². The maximum atomic E-state index is 2.59. The number of benzene rings is 17. The number of anilines is 6. The highest BCUT2D eigenvalue weighted by Gasteiger charge is 2.46. The van der Waals surface area contributed by atoms with Crippen molar-refractivity contribution in [3.05, 3.63) is 348 Å². The SMILES string of the molecule is CC1(C)c2cc(N(c3ccccc3)c3ccccc3)ccc2-c2cc3c(cc21)-c1c(cc(N(c2ccccc2)c2ccccc2)c2ccccc12)C3(C)C.CC1(C)c2cc3c(cc2-c2c1cc1ccc4cccc5ccc2c1c45)C(C)(C)c1c-3c2ccccc2c2c1ccc1ccccc12. The Morgan fingerprint density at radius 1 is 0.200 bits per heavy atom. The largest absolute Gasteiger partial charge is 0.310 e. The van der Waals surface area contributed by atoms with Gasteiger partial charge in [0.25, 0.3) is 0 Å². The van der Waals surface area contributed by atoms with Crippen LogP contribution in [0.25, 0.3) is 120 Å². The molecule has 0 amide bonds. The second kappa shape index (κ2) is 21.0. The zero-order chi connectivity index (χ0) is 67.3. The average molecular weight is 1280 g/mol. The van der Waals surface area contributed by atoms with Crippen LogP contribution in [0.1, 0.15) is 99.9 Å². The summed E-state index contributed by atoms with van der Waals surface area (Å²) in [6.07, 6.45) is 0. The normalized spacial score (nSPS) is 14.9. The van der Waals surface area contributed by atoms with Gasteiger partial charge in [0.15, 0.2) is 0 Å². The fraction of sp³-hybridized carbons (Fsp3) is 0.122. The summed E-state index contributed by atoms with van der Waals surface area (Å²) < 4.78 is 0. The molecule has 0 heterocycles. The van der Waals surface area contributed by atoms with Crippen LogP contribution in [0.15, 0.2) is 303 Å². The van der Waals surface area contributed by atoms with Gasteiger partial charge in [0.2, 0.25) is 0 Å². The van der Waals surface area contributed by atoms with Crippen molar-refractivity contribution in [1.29, 1.82) is 0 Å². The molecular weight excluding hydrogens is 1210 g/mol. The highest BCUT2D eigenvalue weighted by Crippen LogP contribution is 2.63. The van der Waals surface area contributed by atoms with Gasteiger partial charge in [-0.05, 0) is 256 Å². The van der Waals surface area contributed by atoms with E-state index in [0.29, 0.717) is 0 Å². The van der Waals surface area contributed by atoms with Crippen LogP contribution in [0.3, 0.4) is 0 Å². The van der Waals surface area contributed by atoms with Gasteiger partial charge < -0.3 is 9.80 Å². The molecule has 2 heteroatoms. The third-order valence-corrected chi connectivity index (χ3v) is 23.9. The molecule has 476 valence electrons. The minimum absolute atomic E-state index is 0.111. The highest BCUT2D eigenvalue weighted by molar-refractivity contribution is 6.28. The maximum absolute atomic E-state index is 2.59. The molecule has 0 aliphatic heterocycles. The first-order chi connectivity index (χ1) is 48.7. The molecule has 17 aromatic carbocycles. The summed E-state index contributed by atoms with van der Waals surface area (Å²) in [5.74, 6) is 0. The summed E-state index contributed by atoms with van der Waals surface area (Å²) >= 11 is 0. The number of rotatable bonds is 6. The highest BCUT2D eigenvalue weighted by atomic mass is 15.1. The number of hydrogen-bond donors (Lipinski definition) is 0. The summed E-state index contributed by atoms with van der Waals surface area (Å²) in [4.78, 5) is 4.80. The Morgan fingerprint density at radius 3 is 1.22 bits per heavy atom. The van der Waals surface area contributed by atoms with Gasteiger partial charge in [0.05, 0.1) is 5.69 Å². The smallest absolute Gasteiger partial charge is 0.0543 e. The van der Waals surface area contributed by atoms with Gasteiger partial charge in [0.1, 0.15) is 0 Å². The summed E-state index contributed by atoms with van der Waals surface area (Å²) in [5, 5.41) is 18.9. The molecule has 0 radical (unpaired) electrons. The van der Waals surface area contributed by atoms with Crippen molar-refractivity contribution in [3.8, 4) is 44.5 Å². The molecule has 0 unspecified atom stereocenters. The molecule has 0 bridgehead atoms. The first-order valence-electron chi connectivity index (χ1n) is 35.6. The van der Waals surface area contributed by atoms with Crippen LogP contribution in [-0.4, -0.2) is 0 Å². The Kier molecular flexibility index (Phi) is 12.3. The van der Waals surface area contributed by atoms with E-state index in [0.717, 1.165) is 22.7 Å². The topological polar surface area (TPSA) is 6.48 Å². The van der Waals surface area contributed by atoms with Crippen molar-refractivity contribution < 1.29 is 0 Å². The van der Waals surface area contributed by atoms with Crippen LogP contribution in [-0.2, 0) is 21.7 Å². The van der Waals surface area contributed by atoms with Gasteiger partial charge in [0, 0.05) is 55.5 Å². The van der Waals surface area contributed by atoms with Gasteiger partial charge in [-0.15, -0.1) is 0 Å². The van der Waals surface area contributed by atoms with E-state index >= 15 is 0 Å². The van der Waals surface area contributed by atoms with E-state index < -0.39 is 0 Å². The van der Waals surface area contributed by atoms with E-state index in [1.165, 1.54) is 176 Å². The molecule has 0 saturated heterocycles. The Morgan fingerprint density at radius 2 is 0.610 bits per heavy atom. The van der Waals surface area contributed by atoms with Crippen molar-refractivity contribution in [2.45, 2.75) is 77.0 Å². The third kappa shape index (κ3) is 8.08. The maximum Gasteiger partial charge on any atom is 0.0543 e. The average Bonchev–Trinajstić information content (AvgIpc) is 1.51. The van der Waals surface area contributed by atoms with Crippen LogP contribution in [0.5, 0.6) is 0 Å². The van der Waals surface area contributed by atoms with Crippen molar-refractivity contribution in [2.24, 2.45) is 0 Å². The van der Waals surface area contributed by atoms with Crippen LogP contribution in [0, 0.1) is 0 Å². The number of para-hydroxylation sites is 4. The summed E-state index contributed by atoms with van der Waals surface area (Å²) in [7, 11) is 0. The zero-order valence-electron chi connectivity index (χ0n) is 57.8. The van der Waals surface area contributed by atoms with E-state index in [2.05, 4.69) is 369 Å². The van der Waals surface area contributed by atoms with Crippen LogP contribution < -0.4 is 9.80 Å². The van der Waals surface area contributed by atoms with Gasteiger partial charge in [-0.3, -0.25) is 0 Å². The second-order valence-corrected chi connectivity index (χ2v) is 30.7. The van der Waals surface area contributed by atoms with Gasteiger partial charge in [-0.25, -0.2) is 0 Å². The van der Waals surface area contributed by atoms with Crippen LogP contribution in [0.4, 0.5) is 34.1 Å². The Balaban J connectivity index is 0.000000136. The lowest BCUT2D eigenvalue weighted by atomic mass is 9.77. The molecule has 4 aliphatic carbocycles. The van der Waals surface area contributed by atoms with Gasteiger partial charge in [-0.1, -0.05) is 262 Å². The molecule has 100 heavy (non-hydrogen) atoms. The molecule has 2 nitrogen and oxygen atoms in total. The summed E-state index contributed by atoms with van der Waals surface area (Å²) in [5.41, 5.74) is 28.8. The zero-order valence-corrected chi connectivity index (χ0v) is 57.8. The molecular formula is C98H74N2. The molecule has 21 rings (SSSR count). The fourth-order valence-corrected chi connectivity index (χ4v) is 19.1. The van der Waals surface area contributed by atoms with Crippen molar-refractivity contribution in [3.63, 3.8) is 0 Å². The molecule has 0 aromatic heterocycles. The van der Waals surface area contributed by atoms with E-state index in [9.17, 15) is 0 Å². The predicted octanol–water partition coefficient (Wildman–Crippen LogP) is 27.0. The second-order valence-electron chi connectivity index (χ2n) is 30.7. The molecule has 0 saturated carbocycles. The number of fused-ring (bicyclic) bond motifs is 22. The Hall–Kier alpha value is -11.6. The molecule has 0 atom stereocenters. The van der Waals surface area contributed by atoms with Crippen LogP contribution >= 0.6 is 0 Å². The summed E-state index contributed by atoms with van der Waals surface area (Å²) in [6, 6.07) is 113. The first kappa shape index (κ1) is 58.6. The quantitative estimate of drug-likeness (QED) is 0.153. The predicted molar refractivity (Wildman–Crippen MR) is 426 cm³/mol. The Labute approximate surface area is 585 Å². The van der Waals surface area contributed by atoms with E-state index in [-0.39, 0.29) is 21.7 Å². The molecule has 4 aliphatic rings. The third-order valence-electron chi connectivity index (χ3n) is 23.9. The van der Waals surface area contributed by atoms with E-state index in [1.807, 2.05) is 0 Å². The molecule has 0 N–H and O–H groups in total. The van der Waals surface area contributed by atoms with Crippen molar-refractivity contribution in [2.75, 3.05) is 9.80 Å². The summed E-state index contributed by atoms with van der Waals surface area (Å²) in [6.45, 7) is 19.4.